The number of morpholine rings is 1. The normalized spacial score (nSPS) is 25.7. The van der Waals surface area contributed by atoms with Crippen LogP contribution in [0.4, 0.5) is 0 Å². The lowest BCUT2D eigenvalue weighted by atomic mass is 10.1. The number of nitrogens with zero attached hydrogens (tertiary/aromatic N) is 1. The molecule has 1 aliphatic heterocycles. The van der Waals surface area contributed by atoms with E-state index in [0.29, 0.717) is 31.1 Å². The number of ether oxygens (including phenoxy) is 1. The summed E-state index contributed by atoms with van der Waals surface area (Å²) < 4.78 is 32.7. The summed E-state index contributed by atoms with van der Waals surface area (Å²) in [4.78, 5) is 12.5. The van der Waals surface area contributed by atoms with Gasteiger partial charge in [-0.3, -0.25) is 4.79 Å². The highest BCUT2D eigenvalue weighted by Crippen LogP contribution is 2.32. The zero-order valence-electron chi connectivity index (χ0n) is 15.2. The first-order chi connectivity index (χ1) is 12.3. The van der Waals surface area contributed by atoms with Gasteiger partial charge in [-0.2, -0.15) is 4.31 Å². The molecule has 8 heteroatoms. The number of carbonyl (C=O) groups is 1. The van der Waals surface area contributed by atoms with Crippen LogP contribution in [0.2, 0.25) is 0 Å². The minimum absolute atomic E-state index is 0.0118. The van der Waals surface area contributed by atoms with Crippen LogP contribution < -0.4 is 11.1 Å². The van der Waals surface area contributed by atoms with Gasteiger partial charge < -0.3 is 15.8 Å². The number of hydrogen-bond acceptors (Lipinski definition) is 5. The molecule has 1 aromatic rings. The largest absolute Gasteiger partial charge is 0.373 e. The first kappa shape index (κ1) is 19.3. The van der Waals surface area contributed by atoms with Crippen molar-refractivity contribution >= 4 is 15.9 Å². The summed E-state index contributed by atoms with van der Waals surface area (Å²) in [6, 6.07) is 6.07. The van der Waals surface area contributed by atoms with Crippen molar-refractivity contribution < 1.29 is 17.9 Å². The van der Waals surface area contributed by atoms with Crippen molar-refractivity contribution in [1.82, 2.24) is 9.62 Å². The Kier molecular flexibility index (Phi) is 5.67. The quantitative estimate of drug-likeness (QED) is 0.764. The van der Waals surface area contributed by atoms with Gasteiger partial charge in [0.1, 0.15) is 0 Å². The predicted octanol–water partition coefficient (Wildman–Crippen LogP) is 0.952. The van der Waals surface area contributed by atoms with E-state index in [1.54, 1.807) is 12.1 Å². The third-order valence-corrected chi connectivity index (χ3v) is 6.75. The van der Waals surface area contributed by atoms with Crippen molar-refractivity contribution in [3.8, 4) is 0 Å². The number of nitrogens with two attached hydrogens (primary N) is 1. The number of sulfonamides is 1. The summed E-state index contributed by atoms with van der Waals surface area (Å²) in [6.45, 7) is 4.79. The lowest BCUT2D eigenvalue weighted by Crippen LogP contribution is -2.48. The van der Waals surface area contributed by atoms with Gasteiger partial charge in [0.05, 0.1) is 17.1 Å². The van der Waals surface area contributed by atoms with Gasteiger partial charge in [0.15, 0.2) is 0 Å². The molecule has 7 nitrogen and oxygen atoms in total. The zero-order valence-corrected chi connectivity index (χ0v) is 16.0. The number of benzene rings is 1. The lowest BCUT2D eigenvalue weighted by molar-refractivity contribution is -0.0440. The number of nitrogens with one attached hydrogen (secondary N) is 1. The van der Waals surface area contributed by atoms with Crippen molar-refractivity contribution in [3.05, 3.63) is 29.8 Å². The minimum Gasteiger partial charge on any atom is -0.373 e. The van der Waals surface area contributed by atoms with Crippen LogP contribution in [0.5, 0.6) is 0 Å². The molecule has 3 N–H and O–H groups in total. The van der Waals surface area contributed by atoms with Gasteiger partial charge in [0.25, 0.3) is 5.91 Å². The first-order valence-corrected chi connectivity index (χ1v) is 10.5. The second-order valence-electron chi connectivity index (χ2n) is 7.26. The van der Waals surface area contributed by atoms with Crippen molar-refractivity contribution in [3.63, 3.8) is 0 Å². The molecule has 3 unspecified atom stereocenters. The lowest BCUT2D eigenvalue weighted by Gasteiger charge is -2.34. The highest BCUT2D eigenvalue weighted by molar-refractivity contribution is 7.89. The second kappa shape index (κ2) is 7.64. The highest BCUT2D eigenvalue weighted by Gasteiger charge is 2.33. The van der Waals surface area contributed by atoms with Gasteiger partial charge in [0, 0.05) is 31.2 Å². The topological polar surface area (TPSA) is 102 Å². The third-order valence-electron chi connectivity index (χ3n) is 4.90. The van der Waals surface area contributed by atoms with Crippen molar-refractivity contribution in [1.29, 1.82) is 0 Å². The Hall–Kier alpha value is -1.48. The molecule has 1 heterocycles. The van der Waals surface area contributed by atoms with E-state index in [1.165, 1.54) is 16.4 Å². The van der Waals surface area contributed by atoms with Crippen LogP contribution in [-0.2, 0) is 14.8 Å². The summed E-state index contributed by atoms with van der Waals surface area (Å²) in [5.41, 5.74) is 6.15. The molecule has 1 aliphatic carbocycles. The molecular formula is C18H27N3O4S. The molecule has 0 aromatic heterocycles. The Morgan fingerprint density at radius 3 is 2.31 bits per heavy atom. The van der Waals surface area contributed by atoms with E-state index in [9.17, 15) is 13.2 Å². The summed E-state index contributed by atoms with van der Waals surface area (Å²) in [5.74, 6) is 0.249. The SMILES string of the molecule is CC1CN(S(=O)(=O)c2ccc(C(=O)NC(CN)C3CC3)cc2)CC(C)O1. The fourth-order valence-electron chi connectivity index (χ4n) is 3.37. The van der Waals surface area contributed by atoms with Crippen LogP contribution in [-0.4, -0.2) is 56.5 Å². The summed E-state index contributed by atoms with van der Waals surface area (Å²) >= 11 is 0. The van der Waals surface area contributed by atoms with Gasteiger partial charge in [0.2, 0.25) is 10.0 Å². The van der Waals surface area contributed by atoms with Gasteiger partial charge in [-0.05, 0) is 56.9 Å². The molecule has 3 rings (SSSR count). The van der Waals surface area contributed by atoms with Crippen LogP contribution in [0.3, 0.4) is 0 Å². The Morgan fingerprint density at radius 2 is 1.81 bits per heavy atom. The Morgan fingerprint density at radius 1 is 1.23 bits per heavy atom. The van der Waals surface area contributed by atoms with Crippen LogP contribution in [0.1, 0.15) is 37.0 Å². The Bertz CT molecular complexity index is 736. The van der Waals surface area contributed by atoms with Gasteiger partial charge >= 0.3 is 0 Å². The van der Waals surface area contributed by atoms with E-state index in [1.807, 2.05) is 13.8 Å². The molecule has 2 aliphatic rings. The molecule has 1 saturated carbocycles. The number of hydrogen-bond donors (Lipinski definition) is 2. The van der Waals surface area contributed by atoms with E-state index >= 15 is 0 Å². The van der Waals surface area contributed by atoms with E-state index in [4.69, 9.17) is 10.5 Å². The van der Waals surface area contributed by atoms with Gasteiger partial charge in [-0.25, -0.2) is 8.42 Å². The zero-order chi connectivity index (χ0) is 18.9. The Labute approximate surface area is 154 Å². The van der Waals surface area contributed by atoms with Crippen LogP contribution in [0.15, 0.2) is 29.2 Å². The highest BCUT2D eigenvalue weighted by atomic mass is 32.2. The van der Waals surface area contributed by atoms with Gasteiger partial charge in [-0.1, -0.05) is 0 Å². The number of rotatable bonds is 6. The average molecular weight is 381 g/mol. The molecule has 1 aromatic carbocycles. The summed E-state index contributed by atoms with van der Waals surface area (Å²) in [6.07, 6.45) is 1.90. The van der Waals surface area contributed by atoms with Crippen molar-refractivity contribution in [2.75, 3.05) is 19.6 Å². The number of carbonyl (C=O) groups excluding carboxylic acids is 1. The maximum Gasteiger partial charge on any atom is 0.251 e. The fourth-order valence-corrected chi connectivity index (χ4v) is 4.96. The molecule has 0 radical (unpaired) electrons. The van der Waals surface area contributed by atoms with Crippen molar-refractivity contribution in [2.45, 2.75) is 49.8 Å². The molecule has 0 spiro atoms. The minimum atomic E-state index is -3.60. The third kappa shape index (κ3) is 4.25. The second-order valence-corrected chi connectivity index (χ2v) is 9.19. The van der Waals surface area contributed by atoms with Gasteiger partial charge in [-0.15, -0.1) is 0 Å². The molecule has 1 saturated heterocycles. The molecular weight excluding hydrogens is 354 g/mol. The molecule has 26 heavy (non-hydrogen) atoms. The van der Waals surface area contributed by atoms with E-state index in [2.05, 4.69) is 5.32 Å². The molecule has 3 atom stereocenters. The molecule has 1 amide bonds. The summed E-state index contributed by atoms with van der Waals surface area (Å²) in [7, 11) is -3.60. The van der Waals surface area contributed by atoms with E-state index in [-0.39, 0.29) is 29.1 Å². The molecule has 2 fully saturated rings. The monoisotopic (exact) mass is 381 g/mol. The smallest absolute Gasteiger partial charge is 0.251 e. The maximum absolute atomic E-state index is 12.8. The Balaban J connectivity index is 1.71. The summed E-state index contributed by atoms with van der Waals surface area (Å²) in [5, 5.41) is 2.94. The maximum atomic E-state index is 12.8. The van der Waals surface area contributed by atoms with Crippen LogP contribution in [0.25, 0.3) is 0 Å². The fraction of sp³-hybridized carbons (Fsp3) is 0.611. The van der Waals surface area contributed by atoms with Crippen molar-refractivity contribution in [2.24, 2.45) is 11.7 Å². The molecule has 144 valence electrons. The first-order valence-electron chi connectivity index (χ1n) is 9.08. The van der Waals surface area contributed by atoms with E-state index in [0.717, 1.165) is 12.8 Å². The number of amides is 1. The van der Waals surface area contributed by atoms with E-state index < -0.39 is 10.0 Å². The average Bonchev–Trinajstić information content (AvgIpc) is 3.43. The predicted molar refractivity (Wildman–Crippen MR) is 98.2 cm³/mol. The van der Waals surface area contributed by atoms with Crippen LogP contribution >= 0.6 is 0 Å². The molecule has 0 bridgehead atoms. The van der Waals surface area contributed by atoms with Crippen LogP contribution in [0, 0.1) is 5.92 Å². The standard InChI is InChI=1S/C18H27N3O4S/c1-12-10-21(11-13(2)25-12)26(23,24)16-7-5-15(6-8-16)18(22)20-17(9-19)14-3-4-14/h5-8,12-14,17H,3-4,9-11,19H2,1-2H3,(H,20,22).